The van der Waals surface area contributed by atoms with Crippen molar-refractivity contribution < 1.29 is 17.9 Å². The average molecular weight is 368 g/mol. The van der Waals surface area contributed by atoms with Crippen molar-refractivity contribution >= 4 is 15.9 Å². The van der Waals surface area contributed by atoms with E-state index in [1.165, 1.54) is 10.4 Å². The minimum atomic E-state index is -3.58. The Balaban J connectivity index is 2.12. The Morgan fingerprint density at radius 2 is 1.96 bits per heavy atom. The molecule has 1 aromatic rings. The van der Waals surface area contributed by atoms with Crippen molar-refractivity contribution in [1.29, 1.82) is 0 Å². The van der Waals surface area contributed by atoms with Crippen molar-refractivity contribution in [2.24, 2.45) is 11.8 Å². The maximum absolute atomic E-state index is 12.9. The van der Waals surface area contributed by atoms with Crippen LogP contribution in [0.4, 0.5) is 0 Å². The Morgan fingerprint density at radius 1 is 1.28 bits per heavy atom. The molecule has 0 spiro atoms. The van der Waals surface area contributed by atoms with Gasteiger partial charge in [-0.3, -0.25) is 4.79 Å². The number of benzene rings is 1. The molecule has 1 saturated heterocycles. The summed E-state index contributed by atoms with van der Waals surface area (Å²) in [5, 5.41) is 2.73. The average Bonchev–Trinajstić information content (AvgIpc) is 2.58. The number of carbonyl (C=O) groups is 1. The summed E-state index contributed by atoms with van der Waals surface area (Å²) in [5.74, 6) is 0.379. The molecule has 1 aromatic carbocycles. The summed E-state index contributed by atoms with van der Waals surface area (Å²) in [4.78, 5) is 12.4. The van der Waals surface area contributed by atoms with Crippen LogP contribution >= 0.6 is 0 Å². The summed E-state index contributed by atoms with van der Waals surface area (Å²) >= 11 is 0. The molecule has 2 unspecified atom stereocenters. The van der Waals surface area contributed by atoms with E-state index < -0.39 is 10.0 Å². The second-order valence-electron chi connectivity index (χ2n) is 6.75. The monoisotopic (exact) mass is 368 g/mol. The number of rotatable bonds is 7. The SMILES string of the molecule is CCOCCNC(=O)c1cccc(S(=O)(=O)N2CC(C)CC(C)C2)c1. The van der Waals surface area contributed by atoms with E-state index in [9.17, 15) is 13.2 Å². The fourth-order valence-electron chi connectivity index (χ4n) is 3.23. The van der Waals surface area contributed by atoms with Gasteiger partial charge in [0.25, 0.3) is 5.91 Å². The summed E-state index contributed by atoms with van der Waals surface area (Å²) < 4.78 is 32.6. The zero-order chi connectivity index (χ0) is 18.4. The highest BCUT2D eigenvalue weighted by molar-refractivity contribution is 7.89. The number of hydrogen-bond donors (Lipinski definition) is 1. The van der Waals surface area contributed by atoms with Crippen LogP contribution in [0, 0.1) is 11.8 Å². The van der Waals surface area contributed by atoms with Crippen molar-refractivity contribution in [1.82, 2.24) is 9.62 Å². The van der Waals surface area contributed by atoms with E-state index in [2.05, 4.69) is 19.2 Å². The van der Waals surface area contributed by atoms with Crippen LogP contribution in [0.1, 0.15) is 37.6 Å². The molecule has 2 atom stereocenters. The number of hydrogen-bond acceptors (Lipinski definition) is 4. The van der Waals surface area contributed by atoms with Crippen LogP contribution in [0.5, 0.6) is 0 Å². The number of nitrogens with zero attached hydrogens (tertiary/aromatic N) is 1. The Bertz CT molecular complexity index is 680. The van der Waals surface area contributed by atoms with Crippen LogP contribution in [0.25, 0.3) is 0 Å². The third-order valence-corrected chi connectivity index (χ3v) is 6.13. The normalized spacial score (nSPS) is 21.9. The highest BCUT2D eigenvalue weighted by atomic mass is 32.2. The van der Waals surface area contributed by atoms with Gasteiger partial charge in [0, 0.05) is 31.8 Å². The van der Waals surface area contributed by atoms with Crippen molar-refractivity contribution in [3.8, 4) is 0 Å². The molecule has 1 N–H and O–H groups in total. The predicted molar refractivity (Wildman–Crippen MR) is 97.0 cm³/mol. The lowest BCUT2D eigenvalue weighted by Gasteiger charge is -2.34. The van der Waals surface area contributed by atoms with E-state index in [1.54, 1.807) is 18.2 Å². The molecular formula is C18H28N2O4S. The molecule has 1 heterocycles. The van der Waals surface area contributed by atoms with Gasteiger partial charge in [-0.25, -0.2) is 8.42 Å². The highest BCUT2D eigenvalue weighted by Gasteiger charge is 2.31. The Hall–Kier alpha value is -1.44. The molecule has 6 nitrogen and oxygen atoms in total. The van der Waals surface area contributed by atoms with E-state index >= 15 is 0 Å². The molecule has 7 heteroatoms. The second kappa shape index (κ2) is 8.78. The van der Waals surface area contributed by atoms with Gasteiger partial charge in [0.05, 0.1) is 11.5 Å². The molecule has 1 aliphatic heterocycles. The first-order valence-electron chi connectivity index (χ1n) is 8.80. The number of nitrogens with one attached hydrogen (secondary N) is 1. The first-order valence-corrected chi connectivity index (χ1v) is 10.2. The molecule has 1 amide bonds. The lowest BCUT2D eigenvalue weighted by atomic mass is 9.94. The van der Waals surface area contributed by atoms with Crippen LogP contribution in [-0.2, 0) is 14.8 Å². The van der Waals surface area contributed by atoms with E-state index in [4.69, 9.17) is 4.74 Å². The van der Waals surface area contributed by atoms with Gasteiger partial charge in [-0.1, -0.05) is 19.9 Å². The molecule has 1 aliphatic rings. The molecule has 0 saturated carbocycles. The minimum absolute atomic E-state index is 0.172. The third-order valence-electron chi connectivity index (χ3n) is 4.31. The van der Waals surface area contributed by atoms with Crippen molar-refractivity contribution in [2.75, 3.05) is 32.8 Å². The van der Waals surface area contributed by atoms with Crippen LogP contribution in [0.15, 0.2) is 29.2 Å². The fraction of sp³-hybridized carbons (Fsp3) is 0.611. The fourth-order valence-corrected chi connectivity index (χ4v) is 4.96. The van der Waals surface area contributed by atoms with Crippen LogP contribution in [-0.4, -0.2) is 51.5 Å². The predicted octanol–water partition coefficient (Wildman–Crippen LogP) is 2.12. The first-order chi connectivity index (χ1) is 11.8. The molecular weight excluding hydrogens is 340 g/mol. The van der Waals surface area contributed by atoms with Gasteiger partial charge in [0.15, 0.2) is 0 Å². The molecule has 0 radical (unpaired) electrons. The quantitative estimate of drug-likeness (QED) is 0.748. The molecule has 2 rings (SSSR count). The number of sulfonamides is 1. The maximum Gasteiger partial charge on any atom is 0.251 e. The van der Waals surface area contributed by atoms with E-state index in [-0.39, 0.29) is 10.8 Å². The van der Waals surface area contributed by atoms with E-state index in [0.29, 0.717) is 50.2 Å². The van der Waals surface area contributed by atoms with Gasteiger partial charge in [-0.15, -0.1) is 0 Å². The summed E-state index contributed by atoms with van der Waals surface area (Å²) in [7, 11) is -3.58. The molecule has 0 bridgehead atoms. The summed E-state index contributed by atoms with van der Waals surface area (Å²) in [6, 6.07) is 6.24. The van der Waals surface area contributed by atoms with Gasteiger partial charge >= 0.3 is 0 Å². The highest BCUT2D eigenvalue weighted by Crippen LogP contribution is 2.26. The molecule has 140 valence electrons. The molecule has 0 aromatic heterocycles. The van der Waals surface area contributed by atoms with Crippen LogP contribution in [0.3, 0.4) is 0 Å². The van der Waals surface area contributed by atoms with Gasteiger partial charge < -0.3 is 10.1 Å². The van der Waals surface area contributed by atoms with Crippen molar-refractivity contribution in [2.45, 2.75) is 32.1 Å². The standard InChI is InChI=1S/C18H28N2O4S/c1-4-24-9-8-19-18(21)16-6-5-7-17(11-16)25(22,23)20-12-14(2)10-15(3)13-20/h5-7,11,14-15H,4,8-10,12-13H2,1-3H3,(H,19,21). The van der Waals surface area contributed by atoms with E-state index in [0.717, 1.165) is 6.42 Å². The smallest absolute Gasteiger partial charge is 0.251 e. The van der Waals surface area contributed by atoms with Gasteiger partial charge in [-0.2, -0.15) is 4.31 Å². The van der Waals surface area contributed by atoms with Gasteiger partial charge in [-0.05, 0) is 43.4 Å². The van der Waals surface area contributed by atoms with Crippen molar-refractivity contribution in [3.63, 3.8) is 0 Å². The summed E-state index contributed by atoms with van der Waals surface area (Å²) in [5.41, 5.74) is 0.343. The lowest BCUT2D eigenvalue weighted by Crippen LogP contribution is -2.42. The van der Waals surface area contributed by atoms with Gasteiger partial charge in [0.2, 0.25) is 10.0 Å². The maximum atomic E-state index is 12.9. The number of carbonyl (C=O) groups excluding carboxylic acids is 1. The first kappa shape index (κ1) is 19.9. The Kier molecular flexibility index (Phi) is 6.98. The Labute approximate surface area is 150 Å². The van der Waals surface area contributed by atoms with Crippen LogP contribution < -0.4 is 5.32 Å². The number of piperidine rings is 1. The summed E-state index contributed by atoms with van der Waals surface area (Å²) in [6.45, 7) is 8.50. The van der Waals surface area contributed by atoms with Gasteiger partial charge in [0.1, 0.15) is 0 Å². The minimum Gasteiger partial charge on any atom is -0.380 e. The molecule has 0 aliphatic carbocycles. The van der Waals surface area contributed by atoms with Crippen LogP contribution in [0.2, 0.25) is 0 Å². The third kappa shape index (κ3) is 5.26. The summed E-state index contributed by atoms with van der Waals surface area (Å²) in [6.07, 6.45) is 1.04. The topological polar surface area (TPSA) is 75.7 Å². The number of amides is 1. The number of ether oxygens (including phenoxy) is 1. The molecule has 1 fully saturated rings. The zero-order valence-electron chi connectivity index (χ0n) is 15.2. The van der Waals surface area contributed by atoms with Crippen molar-refractivity contribution in [3.05, 3.63) is 29.8 Å². The van der Waals surface area contributed by atoms with E-state index in [1.807, 2.05) is 6.92 Å². The second-order valence-corrected chi connectivity index (χ2v) is 8.69. The Morgan fingerprint density at radius 3 is 2.60 bits per heavy atom. The molecule has 25 heavy (non-hydrogen) atoms. The lowest BCUT2D eigenvalue weighted by molar-refractivity contribution is 0.0922. The largest absolute Gasteiger partial charge is 0.380 e. The zero-order valence-corrected chi connectivity index (χ0v) is 16.0.